The van der Waals surface area contributed by atoms with E-state index < -0.39 is 29.4 Å². The fourth-order valence-electron chi connectivity index (χ4n) is 3.32. The Morgan fingerprint density at radius 3 is 2.16 bits per heavy atom. The molecule has 0 fully saturated rings. The highest BCUT2D eigenvalue weighted by molar-refractivity contribution is 6.09. The summed E-state index contributed by atoms with van der Waals surface area (Å²) in [6, 6.07) is 9.85. The predicted molar refractivity (Wildman–Crippen MR) is 131 cm³/mol. The van der Waals surface area contributed by atoms with Crippen molar-refractivity contribution >= 4 is 40.0 Å². The number of hydrogen-bond donors (Lipinski definition) is 4. The number of halogens is 3. The number of nitrogens with one attached hydrogen (secondary N) is 3. The minimum absolute atomic E-state index is 0.00735. The Morgan fingerprint density at radius 1 is 0.919 bits per heavy atom. The van der Waals surface area contributed by atoms with Crippen molar-refractivity contribution in [1.29, 1.82) is 0 Å². The van der Waals surface area contributed by atoms with Crippen molar-refractivity contribution in [3.8, 4) is 5.75 Å². The maximum atomic E-state index is 12.9. The molecule has 0 saturated carbocycles. The lowest BCUT2D eigenvalue weighted by Gasteiger charge is -2.12. The van der Waals surface area contributed by atoms with E-state index in [1.807, 2.05) is 20.8 Å². The molecule has 3 amide bonds. The van der Waals surface area contributed by atoms with E-state index in [-0.39, 0.29) is 27.7 Å². The fourth-order valence-corrected chi connectivity index (χ4v) is 3.32. The van der Waals surface area contributed by atoms with Gasteiger partial charge in [0.15, 0.2) is 5.82 Å². The highest BCUT2D eigenvalue weighted by Gasteiger charge is 2.31. The summed E-state index contributed by atoms with van der Waals surface area (Å²) < 4.78 is 44.0. The number of fused-ring (bicyclic) bond motifs is 1. The average molecular weight is 513 g/mol. The van der Waals surface area contributed by atoms with Crippen LogP contribution in [0.15, 0.2) is 59.3 Å². The number of benzene rings is 2. The Labute approximate surface area is 208 Å². The standard InChI is InChI=1S/C25H22F3N5O4/c1-24(2,3)19-11-20(33-37-19)32-23(36)31-15-7-5-14(6-8-15)30-22(35)17-12-29-18-10-13(25(26,27)28)4-9-16(18)21(17)34/h4-12H,1-3H3,(H,29,34)(H,30,35)(H2,31,32,33,36). The van der Waals surface area contributed by atoms with E-state index in [1.165, 1.54) is 24.3 Å². The number of carbonyl (C=O) groups excluding carboxylic acids is 2. The molecule has 9 nitrogen and oxygen atoms in total. The molecule has 37 heavy (non-hydrogen) atoms. The van der Waals surface area contributed by atoms with Crippen molar-refractivity contribution in [1.82, 2.24) is 10.1 Å². The van der Waals surface area contributed by atoms with Gasteiger partial charge in [0.25, 0.3) is 5.91 Å². The molecule has 4 aromatic rings. The molecule has 0 atom stereocenters. The van der Waals surface area contributed by atoms with Crippen LogP contribution in [0.4, 0.5) is 35.2 Å². The summed E-state index contributed by atoms with van der Waals surface area (Å²) in [6.07, 6.45) is -3.56. The number of rotatable bonds is 4. The lowest BCUT2D eigenvalue weighted by molar-refractivity contribution is -0.137. The lowest BCUT2D eigenvalue weighted by Crippen LogP contribution is -2.19. The molecule has 0 radical (unpaired) electrons. The molecular weight excluding hydrogens is 491 g/mol. The van der Waals surface area contributed by atoms with Crippen LogP contribution in [-0.4, -0.2) is 27.2 Å². The van der Waals surface area contributed by atoms with Crippen LogP contribution in [0.5, 0.6) is 5.75 Å². The van der Waals surface area contributed by atoms with Crippen molar-refractivity contribution in [3.05, 3.63) is 71.6 Å². The second-order valence-electron chi connectivity index (χ2n) is 9.19. The molecule has 0 aliphatic carbocycles. The van der Waals surface area contributed by atoms with Gasteiger partial charge in [-0.05, 0) is 42.5 Å². The Bertz CT molecular complexity index is 1470. The molecule has 4 N–H and O–H groups in total. The lowest BCUT2D eigenvalue weighted by atomic mass is 9.93. The first-order valence-corrected chi connectivity index (χ1v) is 11.0. The largest absolute Gasteiger partial charge is 0.506 e. The summed E-state index contributed by atoms with van der Waals surface area (Å²) in [6.45, 7) is 5.84. The summed E-state index contributed by atoms with van der Waals surface area (Å²) in [4.78, 5) is 28.8. The molecule has 0 spiro atoms. The number of hydrogen-bond acceptors (Lipinski definition) is 6. The molecule has 2 aromatic carbocycles. The second kappa shape index (κ2) is 9.45. The summed E-state index contributed by atoms with van der Waals surface area (Å²) in [7, 11) is 0. The van der Waals surface area contributed by atoms with Crippen molar-refractivity contribution in [2.45, 2.75) is 32.4 Å². The summed E-state index contributed by atoms with van der Waals surface area (Å²) in [5, 5.41) is 22.0. The van der Waals surface area contributed by atoms with Gasteiger partial charge in [0.05, 0.1) is 11.1 Å². The van der Waals surface area contributed by atoms with Crippen molar-refractivity contribution < 1.29 is 32.4 Å². The van der Waals surface area contributed by atoms with Crippen LogP contribution < -0.4 is 16.0 Å². The van der Waals surface area contributed by atoms with Gasteiger partial charge in [0.1, 0.15) is 17.1 Å². The number of aromatic nitrogens is 2. The minimum atomic E-state index is -4.56. The van der Waals surface area contributed by atoms with Crippen molar-refractivity contribution in [3.63, 3.8) is 0 Å². The Morgan fingerprint density at radius 2 is 1.57 bits per heavy atom. The first-order chi connectivity index (χ1) is 17.3. The maximum Gasteiger partial charge on any atom is 0.416 e. The quantitative estimate of drug-likeness (QED) is 0.259. The first kappa shape index (κ1) is 25.5. The number of amides is 3. The van der Waals surface area contributed by atoms with E-state index >= 15 is 0 Å². The third-order valence-electron chi connectivity index (χ3n) is 5.30. The third-order valence-corrected chi connectivity index (χ3v) is 5.30. The SMILES string of the molecule is CC(C)(C)c1cc(NC(=O)Nc2ccc(NC(=O)c3cnc4cc(C(F)(F)F)ccc4c3O)cc2)no1. The van der Waals surface area contributed by atoms with Gasteiger partial charge in [-0.1, -0.05) is 25.9 Å². The zero-order chi connectivity index (χ0) is 27.0. The highest BCUT2D eigenvalue weighted by Crippen LogP contribution is 2.34. The summed E-state index contributed by atoms with van der Waals surface area (Å²) >= 11 is 0. The number of pyridine rings is 1. The molecule has 0 bridgehead atoms. The molecule has 0 unspecified atom stereocenters. The van der Waals surface area contributed by atoms with Gasteiger partial charge in [-0.3, -0.25) is 15.1 Å². The summed E-state index contributed by atoms with van der Waals surface area (Å²) in [5.74, 6) is -0.342. The number of carbonyl (C=O) groups is 2. The number of urea groups is 1. The number of nitrogens with zero attached hydrogens (tertiary/aromatic N) is 2. The third kappa shape index (κ3) is 5.80. The summed E-state index contributed by atoms with van der Waals surface area (Å²) in [5.41, 5.74) is -0.726. The second-order valence-corrected chi connectivity index (χ2v) is 9.19. The normalized spacial score (nSPS) is 11.8. The number of alkyl halides is 3. The molecule has 0 aliphatic rings. The van der Waals surface area contributed by atoms with Gasteiger partial charge in [-0.25, -0.2) is 4.79 Å². The van der Waals surface area contributed by atoms with Crippen molar-refractivity contribution in [2.75, 3.05) is 16.0 Å². The Kier molecular flexibility index (Phi) is 6.51. The molecular formula is C25H22F3N5O4. The van der Waals surface area contributed by atoms with Crippen LogP contribution >= 0.6 is 0 Å². The van der Waals surface area contributed by atoms with Gasteiger partial charge in [0.2, 0.25) is 0 Å². The van der Waals surface area contributed by atoms with E-state index in [4.69, 9.17) is 4.52 Å². The zero-order valence-corrected chi connectivity index (χ0v) is 19.9. The highest BCUT2D eigenvalue weighted by atomic mass is 19.4. The van der Waals surface area contributed by atoms with Crippen molar-refractivity contribution in [2.24, 2.45) is 0 Å². The zero-order valence-electron chi connectivity index (χ0n) is 19.9. The van der Waals surface area contributed by atoms with E-state index in [0.29, 0.717) is 17.1 Å². The van der Waals surface area contributed by atoms with E-state index in [0.717, 1.165) is 24.4 Å². The molecule has 0 aliphatic heterocycles. The molecule has 192 valence electrons. The first-order valence-electron chi connectivity index (χ1n) is 11.0. The van der Waals surface area contributed by atoms with Crippen LogP contribution in [0.1, 0.15) is 42.5 Å². The average Bonchev–Trinajstić information content (AvgIpc) is 3.28. The Balaban J connectivity index is 1.40. The van der Waals surface area contributed by atoms with E-state index in [1.54, 1.807) is 6.07 Å². The molecule has 2 aromatic heterocycles. The molecule has 2 heterocycles. The molecule has 0 saturated heterocycles. The predicted octanol–water partition coefficient (Wildman–Crippen LogP) is 6.14. The van der Waals surface area contributed by atoms with Gasteiger partial charge in [0, 0.05) is 34.4 Å². The number of anilines is 3. The molecule has 12 heteroatoms. The smallest absolute Gasteiger partial charge is 0.416 e. The van der Waals surface area contributed by atoms with E-state index in [9.17, 15) is 27.9 Å². The van der Waals surface area contributed by atoms with Crippen LogP contribution in [0.25, 0.3) is 10.9 Å². The van der Waals surface area contributed by atoms with Crippen LogP contribution in [-0.2, 0) is 11.6 Å². The van der Waals surface area contributed by atoms with Crippen LogP contribution in [0.2, 0.25) is 0 Å². The topological polar surface area (TPSA) is 129 Å². The van der Waals surface area contributed by atoms with E-state index in [2.05, 4.69) is 26.1 Å². The van der Waals surface area contributed by atoms with Crippen LogP contribution in [0, 0.1) is 0 Å². The number of aromatic hydroxyl groups is 1. The minimum Gasteiger partial charge on any atom is -0.506 e. The van der Waals surface area contributed by atoms with Gasteiger partial charge >= 0.3 is 12.2 Å². The fraction of sp³-hybridized carbons (Fsp3) is 0.200. The van der Waals surface area contributed by atoms with Gasteiger partial charge < -0.3 is 20.3 Å². The van der Waals surface area contributed by atoms with Gasteiger partial charge in [-0.2, -0.15) is 13.2 Å². The molecule has 4 rings (SSSR count). The monoisotopic (exact) mass is 513 g/mol. The van der Waals surface area contributed by atoms with Gasteiger partial charge in [-0.15, -0.1) is 0 Å². The maximum absolute atomic E-state index is 12.9. The van der Waals surface area contributed by atoms with Crippen LogP contribution in [0.3, 0.4) is 0 Å². The Hall–Kier alpha value is -4.61.